The van der Waals surface area contributed by atoms with Gasteiger partial charge in [-0.2, -0.15) is 4.98 Å². The summed E-state index contributed by atoms with van der Waals surface area (Å²) in [6.07, 6.45) is 2.00. The summed E-state index contributed by atoms with van der Waals surface area (Å²) in [5.41, 5.74) is 1.31. The number of hydrogen-bond donors (Lipinski definition) is 4. The number of unbranched alkanes of at least 4 members (excludes halogenated alkanes) is 2. The predicted molar refractivity (Wildman–Crippen MR) is 253 cm³/mol. The molecule has 5 amide bonds. The standard InChI is InChI=1S/C50H55F2N9O8/c1-27-16-17-30(25-53-20-8-7-9-21-54-35-14-10-12-31-39(35)47(66)60(46(31)65)36-18-19-38(63)55-45(36)64)29(3)42(27)61-44-32(24-34(52)41(56-44)40-33(51)13-11-15-37(40)62)43(57-48(61)67)59-23-22-58(26-28(59)2)49(68)69-50(4,5)6/h10-17,24,28,36,53-54,62H,7-9,18-23,25-26H2,1-6H3,(H,55,63,64)/t28-,36?/m0/s1. The van der Waals surface area contributed by atoms with E-state index in [9.17, 15) is 33.9 Å². The molecular formula is C50H55F2N9O8. The second-order valence-corrected chi connectivity index (χ2v) is 18.7. The van der Waals surface area contributed by atoms with Crippen LogP contribution in [0.2, 0.25) is 0 Å². The maximum absolute atomic E-state index is 16.3. The van der Waals surface area contributed by atoms with Gasteiger partial charge in [0.15, 0.2) is 11.5 Å². The Bertz CT molecular complexity index is 2950. The van der Waals surface area contributed by atoms with Gasteiger partial charge in [-0.1, -0.05) is 30.7 Å². The fraction of sp³-hybridized carbons (Fsp3) is 0.400. The number of pyridine rings is 1. The van der Waals surface area contributed by atoms with E-state index in [0.717, 1.165) is 47.4 Å². The number of fused-ring (bicyclic) bond motifs is 2. The second-order valence-electron chi connectivity index (χ2n) is 18.7. The van der Waals surface area contributed by atoms with Crippen molar-refractivity contribution in [3.05, 3.63) is 105 Å². The molecule has 2 fully saturated rings. The van der Waals surface area contributed by atoms with Crippen molar-refractivity contribution in [3.63, 3.8) is 0 Å². The molecule has 1 unspecified atom stereocenters. The van der Waals surface area contributed by atoms with Crippen molar-refractivity contribution in [2.75, 3.05) is 42.9 Å². The number of aryl methyl sites for hydroxylation is 1. The number of phenols is 1. The number of imide groups is 2. The monoisotopic (exact) mass is 947 g/mol. The highest BCUT2D eigenvalue weighted by atomic mass is 19.1. The molecule has 3 aliphatic heterocycles. The first-order valence-electron chi connectivity index (χ1n) is 23.1. The molecule has 0 saturated carbocycles. The third-order valence-corrected chi connectivity index (χ3v) is 12.7. The molecule has 362 valence electrons. The Balaban J connectivity index is 0.978. The van der Waals surface area contributed by atoms with E-state index in [4.69, 9.17) is 4.74 Å². The Morgan fingerprint density at radius 2 is 1.67 bits per heavy atom. The Hall–Kier alpha value is -7.28. The number of benzene rings is 3. The van der Waals surface area contributed by atoms with Crippen LogP contribution in [0.3, 0.4) is 0 Å². The zero-order valence-electron chi connectivity index (χ0n) is 39.4. The van der Waals surface area contributed by atoms with Crippen molar-refractivity contribution in [1.29, 1.82) is 0 Å². The number of carbonyl (C=O) groups excluding carboxylic acids is 5. The molecule has 4 N–H and O–H groups in total. The quantitative estimate of drug-likeness (QED) is 0.0760. The SMILES string of the molecule is Cc1ccc(CNCCCCCNc2cccc3c2C(=O)N(C2CCC(=O)NC2=O)C3=O)c(C)c1-n1c(=O)nc(N2CCN(C(=O)OC(C)(C)C)C[C@@H]2C)c2cc(F)c(-c3c(O)cccc3F)nc21. The Morgan fingerprint density at radius 3 is 2.39 bits per heavy atom. The number of amides is 5. The molecule has 3 aliphatic rings. The van der Waals surface area contributed by atoms with Gasteiger partial charge in [0.1, 0.15) is 34.7 Å². The minimum absolute atomic E-state index is 0.00110. The number of carbonyl (C=O) groups is 5. The molecule has 0 aliphatic carbocycles. The van der Waals surface area contributed by atoms with Crippen molar-refractivity contribution in [1.82, 2.24) is 35.0 Å². The molecule has 17 nitrogen and oxygen atoms in total. The summed E-state index contributed by atoms with van der Waals surface area (Å²) in [6, 6.07) is 12.1. The zero-order chi connectivity index (χ0) is 49.5. The van der Waals surface area contributed by atoms with Gasteiger partial charge in [0.05, 0.1) is 27.8 Å². The Morgan fingerprint density at radius 1 is 0.913 bits per heavy atom. The number of rotatable bonds is 13. The number of hydrogen-bond acceptors (Lipinski definition) is 13. The summed E-state index contributed by atoms with van der Waals surface area (Å²) in [4.78, 5) is 91.8. The molecule has 8 rings (SSSR count). The molecule has 2 saturated heterocycles. The van der Waals surface area contributed by atoms with E-state index in [1.165, 1.54) is 16.7 Å². The lowest BCUT2D eigenvalue weighted by atomic mass is 10.0. The van der Waals surface area contributed by atoms with Crippen molar-refractivity contribution < 1.29 is 42.6 Å². The van der Waals surface area contributed by atoms with Crippen molar-refractivity contribution in [3.8, 4) is 22.7 Å². The maximum atomic E-state index is 16.3. The van der Waals surface area contributed by atoms with Gasteiger partial charge in [0.2, 0.25) is 11.8 Å². The lowest BCUT2D eigenvalue weighted by Crippen LogP contribution is -2.55. The minimum Gasteiger partial charge on any atom is -0.507 e. The number of nitrogens with one attached hydrogen (secondary N) is 3. The van der Waals surface area contributed by atoms with Gasteiger partial charge in [-0.3, -0.25) is 29.4 Å². The van der Waals surface area contributed by atoms with E-state index >= 15 is 8.78 Å². The smallest absolute Gasteiger partial charge is 0.410 e. The Kier molecular flexibility index (Phi) is 13.5. The number of piperidine rings is 1. The number of nitrogens with zero attached hydrogens (tertiary/aromatic N) is 6. The van der Waals surface area contributed by atoms with Gasteiger partial charge in [-0.25, -0.2) is 27.9 Å². The van der Waals surface area contributed by atoms with Crippen LogP contribution in [0.5, 0.6) is 5.75 Å². The number of piperazine rings is 1. The average molecular weight is 948 g/mol. The average Bonchev–Trinajstić information content (AvgIpc) is 3.54. The summed E-state index contributed by atoms with van der Waals surface area (Å²) in [5.74, 6) is -4.46. The minimum atomic E-state index is -1.05. The van der Waals surface area contributed by atoms with Crippen LogP contribution in [0.1, 0.15) is 97.2 Å². The highest BCUT2D eigenvalue weighted by Crippen LogP contribution is 2.37. The lowest BCUT2D eigenvalue weighted by Gasteiger charge is -2.41. The normalized spacial score (nSPS) is 17.4. The van der Waals surface area contributed by atoms with Crippen LogP contribution in [0.25, 0.3) is 28.0 Å². The van der Waals surface area contributed by atoms with Gasteiger partial charge in [0.25, 0.3) is 11.8 Å². The predicted octanol–water partition coefficient (Wildman–Crippen LogP) is 6.27. The maximum Gasteiger partial charge on any atom is 0.410 e. The fourth-order valence-electron chi connectivity index (χ4n) is 9.29. The third-order valence-electron chi connectivity index (χ3n) is 12.7. The van der Waals surface area contributed by atoms with Gasteiger partial charge < -0.3 is 30.3 Å². The van der Waals surface area contributed by atoms with E-state index in [1.807, 2.05) is 37.8 Å². The van der Waals surface area contributed by atoms with Crippen LogP contribution in [0, 0.1) is 25.5 Å². The molecule has 5 heterocycles. The highest BCUT2D eigenvalue weighted by Gasteiger charge is 2.45. The molecule has 0 bridgehead atoms. The summed E-state index contributed by atoms with van der Waals surface area (Å²) in [6.45, 7) is 13.2. The van der Waals surface area contributed by atoms with E-state index in [-0.39, 0.29) is 66.5 Å². The number of aromatic nitrogens is 3. The molecule has 5 aromatic rings. The van der Waals surface area contributed by atoms with Gasteiger partial charge in [-0.05, 0) is 114 Å². The largest absolute Gasteiger partial charge is 0.507 e. The second kappa shape index (κ2) is 19.4. The van der Waals surface area contributed by atoms with Crippen molar-refractivity contribution in [2.24, 2.45) is 0 Å². The molecular weight excluding hydrogens is 893 g/mol. The van der Waals surface area contributed by atoms with Crippen LogP contribution < -0.4 is 26.5 Å². The van der Waals surface area contributed by atoms with Gasteiger partial charge in [-0.15, -0.1) is 0 Å². The van der Waals surface area contributed by atoms with Crippen LogP contribution in [-0.2, 0) is 20.9 Å². The van der Waals surface area contributed by atoms with Crippen molar-refractivity contribution in [2.45, 2.75) is 97.9 Å². The molecule has 69 heavy (non-hydrogen) atoms. The summed E-state index contributed by atoms with van der Waals surface area (Å²) < 4.78 is 38.5. The van der Waals surface area contributed by atoms with E-state index in [1.54, 1.807) is 43.9 Å². The lowest BCUT2D eigenvalue weighted by molar-refractivity contribution is -0.136. The number of halogens is 2. The Labute approximate surface area is 396 Å². The molecule has 2 atom stereocenters. The van der Waals surface area contributed by atoms with Gasteiger partial charge in [0, 0.05) is 50.9 Å². The molecule has 19 heteroatoms. The molecule has 0 spiro atoms. The number of phenolic OH excluding ortho intramolecular Hbond substituents is 1. The summed E-state index contributed by atoms with van der Waals surface area (Å²) >= 11 is 0. The van der Waals surface area contributed by atoms with Crippen LogP contribution >= 0.6 is 0 Å². The van der Waals surface area contributed by atoms with Crippen LogP contribution in [0.4, 0.5) is 25.1 Å². The fourth-order valence-corrected chi connectivity index (χ4v) is 9.29. The first-order chi connectivity index (χ1) is 32.8. The highest BCUT2D eigenvalue weighted by molar-refractivity contribution is 6.25. The first-order valence-corrected chi connectivity index (χ1v) is 23.1. The number of anilines is 2. The van der Waals surface area contributed by atoms with Crippen LogP contribution in [-0.4, -0.2) is 110 Å². The van der Waals surface area contributed by atoms with E-state index in [0.29, 0.717) is 36.6 Å². The number of ether oxygens (including phenoxy) is 1. The van der Waals surface area contributed by atoms with Gasteiger partial charge >= 0.3 is 11.8 Å². The summed E-state index contributed by atoms with van der Waals surface area (Å²) in [7, 11) is 0. The summed E-state index contributed by atoms with van der Waals surface area (Å²) in [5, 5.41) is 19.9. The van der Waals surface area contributed by atoms with E-state index < -0.39 is 75.7 Å². The van der Waals surface area contributed by atoms with E-state index in [2.05, 4.69) is 25.9 Å². The molecule has 0 radical (unpaired) electrons. The topological polar surface area (TPSA) is 208 Å². The number of aromatic hydroxyl groups is 1. The zero-order valence-corrected chi connectivity index (χ0v) is 39.4. The third kappa shape index (κ3) is 9.59. The van der Waals surface area contributed by atoms with Crippen molar-refractivity contribution >= 4 is 52.3 Å². The first kappa shape index (κ1) is 48.2. The molecule has 2 aromatic heterocycles. The van der Waals surface area contributed by atoms with Crippen LogP contribution in [0.15, 0.2) is 59.4 Å². The molecule has 3 aromatic carbocycles.